The molecule has 0 saturated heterocycles. The number of nitrogens with one attached hydrogen (secondary N) is 1. The number of rotatable bonds is 3. The Morgan fingerprint density at radius 3 is 2.50 bits per heavy atom. The van der Waals surface area contributed by atoms with Crippen molar-refractivity contribution in [2.24, 2.45) is 5.10 Å². The van der Waals surface area contributed by atoms with E-state index in [4.69, 9.17) is 11.6 Å². The lowest BCUT2D eigenvalue weighted by molar-refractivity contribution is -0.137. The van der Waals surface area contributed by atoms with Crippen LogP contribution in [0, 0.1) is 0 Å². The molecule has 2 rings (SSSR count). The number of hydrogen-bond acceptors (Lipinski definition) is 2. The van der Waals surface area contributed by atoms with Crippen LogP contribution in [0.2, 0.25) is 5.02 Å². The number of nitrogens with zero attached hydrogens (tertiary/aromatic N) is 1. The van der Waals surface area contributed by atoms with Gasteiger partial charge in [-0.2, -0.15) is 18.3 Å². The van der Waals surface area contributed by atoms with Crippen LogP contribution < -0.4 is 5.43 Å². The van der Waals surface area contributed by atoms with Crippen molar-refractivity contribution in [2.75, 3.05) is 5.43 Å². The smallest absolute Gasteiger partial charge is 0.278 e. The van der Waals surface area contributed by atoms with E-state index in [1.807, 2.05) is 0 Å². The van der Waals surface area contributed by atoms with Crippen LogP contribution in [0.3, 0.4) is 0 Å². The minimum atomic E-state index is -4.37. The Bertz CT molecular complexity index is 624. The number of alkyl halides is 3. The molecule has 6 heteroatoms. The summed E-state index contributed by atoms with van der Waals surface area (Å²) in [5.41, 5.74) is 2.74. The van der Waals surface area contributed by atoms with Gasteiger partial charge in [-0.15, -0.1) is 0 Å². The van der Waals surface area contributed by atoms with Crippen molar-refractivity contribution in [1.29, 1.82) is 0 Å². The van der Waals surface area contributed by atoms with Gasteiger partial charge in [0.05, 0.1) is 17.5 Å². The van der Waals surface area contributed by atoms with Crippen molar-refractivity contribution in [1.82, 2.24) is 0 Å². The Balaban J connectivity index is 2.10. The van der Waals surface area contributed by atoms with Crippen LogP contribution in [-0.4, -0.2) is 6.21 Å². The van der Waals surface area contributed by atoms with Gasteiger partial charge in [-0.1, -0.05) is 35.9 Å². The predicted molar refractivity (Wildman–Crippen MR) is 74.1 cm³/mol. The molecule has 0 atom stereocenters. The molecule has 1 N–H and O–H groups in total. The lowest BCUT2D eigenvalue weighted by Gasteiger charge is -2.08. The molecular formula is C14H10ClF3N2. The van der Waals surface area contributed by atoms with Crippen molar-refractivity contribution in [3.63, 3.8) is 0 Å². The molecular weight excluding hydrogens is 289 g/mol. The van der Waals surface area contributed by atoms with Crippen LogP contribution in [0.5, 0.6) is 0 Å². The van der Waals surface area contributed by atoms with Crippen molar-refractivity contribution in [3.05, 3.63) is 64.7 Å². The lowest BCUT2D eigenvalue weighted by Crippen LogP contribution is -2.05. The summed E-state index contributed by atoms with van der Waals surface area (Å²) in [6.45, 7) is 0. The van der Waals surface area contributed by atoms with E-state index in [-0.39, 0.29) is 5.69 Å². The monoisotopic (exact) mass is 298 g/mol. The third-order valence-electron chi connectivity index (χ3n) is 2.49. The number of anilines is 1. The molecule has 2 nitrogen and oxygen atoms in total. The summed E-state index contributed by atoms with van der Waals surface area (Å²) in [6.07, 6.45) is -2.92. The molecule has 2 aromatic carbocycles. The molecule has 0 spiro atoms. The van der Waals surface area contributed by atoms with E-state index in [1.165, 1.54) is 18.3 Å². The van der Waals surface area contributed by atoms with Gasteiger partial charge in [0, 0.05) is 10.6 Å². The Labute approximate surface area is 118 Å². The zero-order chi connectivity index (χ0) is 14.6. The molecule has 0 heterocycles. The predicted octanol–water partition coefficient (Wildman–Crippen LogP) is 4.80. The first-order valence-electron chi connectivity index (χ1n) is 5.68. The normalized spacial score (nSPS) is 11.8. The first-order valence-corrected chi connectivity index (χ1v) is 6.05. The Kier molecular flexibility index (Phi) is 4.29. The fraction of sp³-hybridized carbons (Fsp3) is 0.0714. The third kappa shape index (κ3) is 3.74. The Morgan fingerprint density at radius 1 is 1.05 bits per heavy atom. The van der Waals surface area contributed by atoms with E-state index in [1.54, 1.807) is 24.3 Å². The standard InChI is InChI=1S/C14H10ClF3N2/c15-13-7-2-1-4-10(13)9-19-20-12-6-3-5-11(8-12)14(16,17)18/h1-9,20H. The molecule has 0 aliphatic carbocycles. The highest BCUT2D eigenvalue weighted by Crippen LogP contribution is 2.30. The van der Waals surface area contributed by atoms with Gasteiger partial charge in [0.2, 0.25) is 0 Å². The highest BCUT2D eigenvalue weighted by molar-refractivity contribution is 6.33. The summed E-state index contributed by atoms with van der Waals surface area (Å²) >= 11 is 5.92. The first-order chi connectivity index (χ1) is 9.47. The van der Waals surface area contributed by atoms with E-state index in [9.17, 15) is 13.2 Å². The number of benzene rings is 2. The maximum absolute atomic E-state index is 12.5. The second-order valence-corrected chi connectivity index (χ2v) is 4.38. The number of hydrazone groups is 1. The maximum atomic E-state index is 12.5. The van der Waals surface area contributed by atoms with E-state index in [0.717, 1.165) is 12.1 Å². The summed E-state index contributed by atoms with van der Waals surface area (Å²) in [5, 5.41) is 4.38. The first kappa shape index (κ1) is 14.4. The second-order valence-electron chi connectivity index (χ2n) is 3.97. The van der Waals surface area contributed by atoms with Gasteiger partial charge < -0.3 is 0 Å². The molecule has 0 radical (unpaired) electrons. The summed E-state index contributed by atoms with van der Waals surface area (Å²) < 4.78 is 37.6. The van der Waals surface area contributed by atoms with Gasteiger partial charge in [-0.25, -0.2) is 0 Å². The topological polar surface area (TPSA) is 24.4 Å². The van der Waals surface area contributed by atoms with Crippen molar-refractivity contribution >= 4 is 23.5 Å². The number of halogens is 4. The summed E-state index contributed by atoms with van der Waals surface area (Å²) in [7, 11) is 0. The van der Waals surface area contributed by atoms with Crippen LogP contribution in [0.1, 0.15) is 11.1 Å². The zero-order valence-electron chi connectivity index (χ0n) is 10.2. The van der Waals surface area contributed by atoms with Crippen LogP contribution in [0.25, 0.3) is 0 Å². The molecule has 0 bridgehead atoms. The molecule has 104 valence electrons. The third-order valence-corrected chi connectivity index (χ3v) is 2.84. The van der Waals surface area contributed by atoms with E-state index >= 15 is 0 Å². The minimum Gasteiger partial charge on any atom is -0.278 e. The van der Waals surface area contributed by atoms with E-state index < -0.39 is 11.7 Å². The zero-order valence-corrected chi connectivity index (χ0v) is 10.9. The van der Waals surface area contributed by atoms with Gasteiger partial charge in [0.1, 0.15) is 0 Å². The summed E-state index contributed by atoms with van der Waals surface area (Å²) in [5.74, 6) is 0. The van der Waals surface area contributed by atoms with Gasteiger partial charge in [-0.05, 0) is 24.3 Å². The highest BCUT2D eigenvalue weighted by atomic mass is 35.5. The molecule has 0 aromatic heterocycles. The van der Waals surface area contributed by atoms with Crippen molar-refractivity contribution in [3.8, 4) is 0 Å². The molecule has 2 aromatic rings. The number of hydrogen-bond donors (Lipinski definition) is 1. The summed E-state index contributed by atoms with van der Waals surface area (Å²) in [4.78, 5) is 0. The van der Waals surface area contributed by atoms with Crippen LogP contribution >= 0.6 is 11.6 Å². The van der Waals surface area contributed by atoms with Crippen LogP contribution in [0.4, 0.5) is 18.9 Å². The average Bonchev–Trinajstić information content (AvgIpc) is 2.40. The molecule has 0 aliphatic heterocycles. The molecule has 0 saturated carbocycles. The molecule has 0 aliphatic rings. The highest BCUT2D eigenvalue weighted by Gasteiger charge is 2.30. The van der Waals surface area contributed by atoms with Crippen LogP contribution in [0.15, 0.2) is 53.6 Å². The van der Waals surface area contributed by atoms with E-state index in [0.29, 0.717) is 10.6 Å². The van der Waals surface area contributed by atoms with E-state index in [2.05, 4.69) is 10.5 Å². The minimum absolute atomic E-state index is 0.253. The SMILES string of the molecule is FC(F)(F)c1cccc(NN=Cc2ccccc2Cl)c1. The molecule has 0 amide bonds. The Hall–Kier alpha value is -2.01. The molecule has 0 unspecified atom stereocenters. The molecule has 0 fully saturated rings. The largest absolute Gasteiger partial charge is 0.416 e. The van der Waals surface area contributed by atoms with Gasteiger partial charge in [0.15, 0.2) is 0 Å². The van der Waals surface area contributed by atoms with Crippen LogP contribution in [-0.2, 0) is 6.18 Å². The van der Waals surface area contributed by atoms with Crippen molar-refractivity contribution in [2.45, 2.75) is 6.18 Å². The fourth-order valence-electron chi connectivity index (χ4n) is 1.52. The quantitative estimate of drug-likeness (QED) is 0.638. The lowest BCUT2D eigenvalue weighted by atomic mass is 10.2. The van der Waals surface area contributed by atoms with Gasteiger partial charge in [-0.3, -0.25) is 5.43 Å². The van der Waals surface area contributed by atoms with Gasteiger partial charge in [0.25, 0.3) is 0 Å². The average molecular weight is 299 g/mol. The Morgan fingerprint density at radius 2 is 1.80 bits per heavy atom. The molecule has 20 heavy (non-hydrogen) atoms. The van der Waals surface area contributed by atoms with Crippen molar-refractivity contribution < 1.29 is 13.2 Å². The fourth-order valence-corrected chi connectivity index (χ4v) is 1.71. The summed E-state index contributed by atoms with van der Waals surface area (Å²) in [6, 6.07) is 11.8. The maximum Gasteiger partial charge on any atom is 0.416 e. The van der Waals surface area contributed by atoms with Gasteiger partial charge >= 0.3 is 6.18 Å². The second kappa shape index (κ2) is 5.96.